The van der Waals surface area contributed by atoms with Crippen molar-refractivity contribution in [1.29, 1.82) is 0 Å². The Balaban J connectivity index is 2.31. The molecule has 0 amide bonds. The topological polar surface area (TPSA) is 38.0 Å². The van der Waals surface area contributed by atoms with Crippen LogP contribution in [0, 0.1) is 5.92 Å². The van der Waals surface area contributed by atoms with Crippen LogP contribution >= 0.6 is 0 Å². The summed E-state index contributed by atoms with van der Waals surface area (Å²) in [6, 6.07) is 1.91. The quantitative estimate of drug-likeness (QED) is 0.699. The van der Waals surface area contributed by atoms with Crippen LogP contribution in [-0.2, 0) is 6.54 Å². The highest BCUT2D eigenvalue weighted by Crippen LogP contribution is 2.03. The molecule has 0 aliphatic carbocycles. The number of aliphatic hydroxyl groups excluding tert-OH is 1. The highest BCUT2D eigenvalue weighted by molar-refractivity contribution is 4.78. The van der Waals surface area contributed by atoms with E-state index in [0.717, 1.165) is 13.0 Å². The van der Waals surface area contributed by atoms with Crippen LogP contribution in [0.5, 0.6) is 0 Å². The van der Waals surface area contributed by atoms with Gasteiger partial charge in [-0.3, -0.25) is 4.68 Å². The smallest absolute Gasteiger partial charge is 0.0489 e. The maximum absolute atomic E-state index is 8.64. The van der Waals surface area contributed by atoms with Crippen molar-refractivity contribution in [1.82, 2.24) is 9.78 Å². The third kappa shape index (κ3) is 2.72. The van der Waals surface area contributed by atoms with Crippen molar-refractivity contribution >= 4 is 0 Å². The second-order valence-corrected chi connectivity index (χ2v) is 2.85. The number of hydrogen-bond acceptors (Lipinski definition) is 2. The van der Waals surface area contributed by atoms with Crippen LogP contribution in [-0.4, -0.2) is 21.5 Å². The lowest BCUT2D eigenvalue weighted by molar-refractivity contribution is 0.251. The van der Waals surface area contributed by atoms with Gasteiger partial charge < -0.3 is 5.11 Å². The minimum absolute atomic E-state index is 0.266. The molecule has 0 aliphatic rings. The van der Waals surface area contributed by atoms with Crippen LogP contribution in [0.15, 0.2) is 18.5 Å². The zero-order valence-corrected chi connectivity index (χ0v) is 6.77. The number of rotatable bonds is 4. The normalized spacial score (nSPS) is 13.3. The van der Waals surface area contributed by atoms with Gasteiger partial charge in [-0.15, -0.1) is 0 Å². The summed E-state index contributed by atoms with van der Waals surface area (Å²) in [6.45, 7) is 3.27. The lowest BCUT2D eigenvalue weighted by Crippen LogP contribution is -2.09. The molecule has 0 radical (unpaired) electrons. The molecule has 0 aromatic carbocycles. The zero-order valence-electron chi connectivity index (χ0n) is 6.77. The van der Waals surface area contributed by atoms with Crippen molar-refractivity contribution in [2.24, 2.45) is 5.92 Å². The molecule has 0 saturated heterocycles. The van der Waals surface area contributed by atoms with Crippen molar-refractivity contribution in [3.8, 4) is 0 Å². The second kappa shape index (κ2) is 4.13. The number of aliphatic hydroxyl groups is 1. The van der Waals surface area contributed by atoms with Gasteiger partial charge in [-0.25, -0.2) is 0 Å². The SMILES string of the molecule is C[C@@H](CCO)Cn1cccn1. The molecule has 0 fully saturated rings. The molecule has 0 unspecified atom stereocenters. The molecular formula is C8H14N2O. The van der Waals surface area contributed by atoms with E-state index in [1.54, 1.807) is 6.20 Å². The van der Waals surface area contributed by atoms with Gasteiger partial charge in [0.25, 0.3) is 0 Å². The van der Waals surface area contributed by atoms with Gasteiger partial charge in [0, 0.05) is 25.5 Å². The van der Waals surface area contributed by atoms with Crippen molar-refractivity contribution in [2.45, 2.75) is 19.9 Å². The van der Waals surface area contributed by atoms with Crippen LogP contribution in [0.3, 0.4) is 0 Å². The summed E-state index contributed by atoms with van der Waals surface area (Å²) in [5, 5.41) is 12.7. The van der Waals surface area contributed by atoms with Crippen LogP contribution in [0.25, 0.3) is 0 Å². The van der Waals surface area contributed by atoms with Gasteiger partial charge in [-0.2, -0.15) is 5.10 Å². The molecule has 0 spiro atoms. The predicted molar refractivity (Wildman–Crippen MR) is 43.1 cm³/mol. The minimum Gasteiger partial charge on any atom is -0.396 e. The molecule has 62 valence electrons. The first-order chi connectivity index (χ1) is 5.33. The van der Waals surface area contributed by atoms with Crippen molar-refractivity contribution in [2.75, 3.05) is 6.61 Å². The number of hydrogen-bond donors (Lipinski definition) is 1. The van der Waals surface area contributed by atoms with Gasteiger partial charge in [0.1, 0.15) is 0 Å². The minimum atomic E-state index is 0.266. The summed E-state index contributed by atoms with van der Waals surface area (Å²) in [6.07, 6.45) is 4.55. The lowest BCUT2D eigenvalue weighted by atomic mass is 10.1. The summed E-state index contributed by atoms with van der Waals surface area (Å²) >= 11 is 0. The maximum Gasteiger partial charge on any atom is 0.0489 e. The molecule has 1 rings (SSSR count). The van der Waals surface area contributed by atoms with Crippen molar-refractivity contribution in [3.05, 3.63) is 18.5 Å². The van der Waals surface area contributed by atoms with E-state index in [1.165, 1.54) is 0 Å². The summed E-state index contributed by atoms with van der Waals surface area (Å²) in [4.78, 5) is 0. The fourth-order valence-corrected chi connectivity index (χ4v) is 1.04. The van der Waals surface area contributed by atoms with Gasteiger partial charge in [-0.05, 0) is 18.4 Å². The van der Waals surface area contributed by atoms with Gasteiger partial charge in [-0.1, -0.05) is 6.92 Å². The zero-order chi connectivity index (χ0) is 8.10. The summed E-state index contributed by atoms with van der Waals surface area (Å²) in [7, 11) is 0. The Morgan fingerprint density at radius 1 is 1.64 bits per heavy atom. The summed E-state index contributed by atoms with van der Waals surface area (Å²) in [5.41, 5.74) is 0. The molecule has 3 heteroatoms. The summed E-state index contributed by atoms with van der Waals surface area (Å²) in [5.74, 6) is 0.500. The number of aromatic nitrogens is 2. The standard InChI is InChI=1S/C8H14N2O/c1-8(3-6-11)7-10-5-2-4-9-10/h2,4-5,8,11H,3,6-7H2,1H3/t8-/m0/s1. The Morgan fingerprint density at radius 3 is 3.00 bits per heavy atom. The second-order valence-electron chi connectivity index (χ2n) is 2.85. The largest absolute Gasteiger partial charge is 0.396 e. The van der Waals surface area contributed by atoms with E-state index >= 15 is 0 Å². The van der Waals surface area contributed by atoms with E-state index in [-0.39, 0.29) is 6.61 Å². The van der Waals surface area contributed by atoms with Crippen molar-refractivity contribution < 1.29 is 5.11 Å². The Bertz CT molecular complexity index is 184. The fraction of sp³-hybridized carbons (Fsp3) is 0.625. The average molecular weight is 154 g/mol. The Labute approximate surface area is 66.7 Å². The first-order valence-electron chi connectivity index (χ1n) is 3.91. The van der Waals surface area contributed by atoms with E-state index in [4.69, 9.17) is 5.11 Å². The lowest BCUT2D eigenvalue weighted by Gasteiger charge is -2.08. The molecule has 0 saturated carbocycles. The Kier molecular flexibility index (Phi) is 3.11. The molecule has 3 nitrogen and oxygen atoms in total. The van der Waals surface area contributed by atoms with Crippen LogP contribution < -0.4 is 0 Å². The molecule has 11 heavy (non-hydrogen) atoms. The highest BCUT2D eigenvalue weighted by Gasteiger charge is 2.01. The van der Waals surface area contributed by atoms with E-state index in [0.29, 0.717) is 5.92 Å². The molecule has 0 aliphatic heterocycles. The third-order valence-corrected chi connectivity index (χ3v) is 1.68. The van der Waals surface area contributed by atoms with Crippen LogP contribution in [0.4, 0.5) is 0 Å². The fourth-order valence-electron chi connectivity index (χ4n) is 1.04. The third-order valence-electron chi connectivity index (χ3n) is 1.68. The van der Waals surface area contributed by atoms with E-state index in [2.05, 4.69) is 12.0 Å². The number of nitrogens with zero attached hydrogens (tertiary/aromatic N) is 2. The van der Waals surface area contributed by atoms with Gasteiger partial charge in [0.15, 0.2) is 0 Å². The molecule has 0 bridgehead atoms. The Hall–Kier alpha value is -0.830. The van der Waals surface area contributed by atoms with Crippen LogP contribution in [0.1, 0.15) is 13.3 Å². The summed E-state index contributed by atoms with van der Waals surface area (Å²) < 4.78 is 1.89. The van der Waals surface area contributed by atoms with E-state index in [9.17, 15) is 0 Å². The molecule has 1 aromatic rings. The van der Waals surface area contributed by atoms with Gasteiger partial charge >= 0.3 is 0 Å². The van der Waals surface area contributed by atoms with E-state index in [1.807, 2.05) is 16.9 Å². The first kappa shape index (κ1) is 8.27. The maximum atomic E-state index is 8.64. The highest BCUT2D eigenvalue weighted by atomic mass is 16.3. The van der Waals surface area contributed by atoms with Gasteiger partial charge in [0.05, 0.1) is 0 Å². The van der Waals surface area contributed by atoms with Gasteiger partial charge in [0.2, 0.25) is 0 Å². The first-order valence-corrected chi connectivity index (χ1v) is 3.91. The molecular weight excluding hydrogens is 140 g/mol. The molecule has 1 aromatic heterocycles. The molecule has 1 atom stereocenters. The van der Waals surface area contributed by atoms with Crippen molar-refractivity contribution in [3.63, 3.8) is 0 Å². The average Bonchev–Trinajstić information content (AvgIpc) is 2.40. The monoisotopic (exact) mass is 154 g/mol. The molecule has 1 N–H and O–H groups in total. The van der Waals surface area contributed by atoms with E-state index < -0.39 is 0 Å². The van der Waals surface area contributed by atoms with Crippen LogP contribution in [0.2, 0.25) is 0 Å². The predicted octanol–water partition coefficient (Wildman–Crippen LogP) is 0.902. The molecule has 1 heterocycles. The Morgan fingerprint density at radius 2 is 2.45 bits per heavy atom.